The average Bonchev–Trinajstić information content (AvgIpc) is 3.17. The van der Waals surface area contributed by atoms with E-state index in [9.17, 15) is 0 Å². The average molecular weight is 357 g/mol. The number of ether oxygens (including phenoxy) is 1. The lowest BCUT2D eigenvalue weighted by molar-refractivity contribution is 0.415. The highest BCUT2D eigenvalue weighted by Crippen LogP contribution is 2.35. The molecule has 0 amide bonds. The summed E-state index contributed by atoms with van der Waals surface area (Å²) in [7, 11) is 1.68. The van der Waals surface area contributed by atoms with E-state index in [4.69, 9.17) is 4.74 Å². The van der Waals surface area contributed by atoms with Crippen LogP contribution in [0, 0.1) is 0 Å². The van der Waals surface area contributed by atoms with Crippen molar-refractivity contribution in [2.24, 2.45) is 0 Å². The maximum Gasteiger partial charge on any atom is 0.119 e. The molecule has 24 heavy (non-hydrogen) atoms. The molecule has 3 rings (SSSR count). The van der Waals surface area contributed by atoms with Crippen LogP contribution in [0.3, 0.4) is 0 Å². The summed E-state index contributed by atoms with van der Waals surface area (Å²) >= 11 is 3.53. The number of benzene rings is 2. The number of thiazole rings is 1. The zero-order chi connectivity index (χ0) is 16.8. The second-order valence-corrected chi connectivity index (χ2v) is 7.52. The number of nitrogens with zero attached hydrogens (tertiary/aromatic N) is 1. The molecule has 1 aromatic heterocycles. The summed E-state index contributed by atoms with van der Waals surface area (Å²) in [6, 6.07) is 18.5. The topological polar surface area (TPSA) is 34.1 Å². The van der Waals surface area contributed by atoms with Crippen molar-refractivity contribution >= 4 is 28.8 Å². The molecule has 2 unspecified atom stereocenters. The minimum absolute atomic E-state index is 0.187. The molecular formula is C19H20N2OS2. The summed E-state index contributed by atoms with van der Waals surface area (Å²) in [5.41, 5.74) is 1.08. The van der Waals surface area contributed by atoms with Crippen molar-refractivity contribution in [3.05, 3.63) is 71.2 Å². The predicted octanol–water partition coefficient (Wildman–Crippen LogP) is 5.49. The van der Waals surface area contributed by atoms with Crippen molar-refractivity contribution in [2.75, 3.05) is 12.4 Å². The van der Waals surface area contributed by atoms with Gasteiger partial charge in [-0.15, -0.1) is 23.1 Å². The Balaban J connectivity index is 1.80. The number of hydrogen-bond acceptors (Lipinski definition) is 5. The Hall–Kier alpha value is -1.98. The summed E-state index contributed by atoms with van der Waals surface area (Å²) in [5.74, 6) is 1.15. The van der Waals surface area contributed by atoms with Gasteiger partial charge in [0.05, 0.1) is 17.5 Å². The lowest BCUT2D eigenvalue weighted by atomic mass is 10.2. The number of methoxy groups -OCH3 is 1. The number of rotatable bonds is 7. The van der Waals surface area contributed by atoms with Gasteiger partial charge in [-0.05, 0) is 36.4 Å². The first-order valence-electron chi connectivity index (χ1n) is 7.78. The molecule has 5 heteroatoms. The van der Waals surface area contributed by atoms with Crippen LogP contribution in [0.5, 0.6) is 5.75 Å². The number of nitrogens with one attached hydrogen (secondary N) is 1. The molecule has 0 aliphatic carbocycles. The smallest absolute Gasteiger partial charge is 0.119 e. The number of hydrogen-bond donors (Lipinski definition) is 1. The molecule has 2 aromatic carbocycles. The fraction of sp³-hybridized carbons (Fsp3) is 0.211. The summed E-state index contributed by atoms with van der Waals surface area (Å²) in [6.07, 6.45) is 1.87. The van der Waals surface area contributed by atoms with Gasteiger partial charge >= 0.3 is 0 Å². The van der Waals surface area contributed by atoms with Crippen LogP contribution in [0.2, 0.25) is 0 Å². The quantitative estimate of drug-likeness (QED) is 0.449. The van der Waals surface area contributed by atoms with Crippen molar-refractivity contribution in [3.63, 3.8) is 0 Å². The van der Waals surface area contributed by atoms with Crippen LogP contribution in [-0.2, 0) is 0 Å². The van der Waals surface area contributed by atoms with E-state index in [0.717, 1.165) is 16.4 Å². The Labute approximate surface area is 151 Å². The molecule has 0 aliphatic rings. The molecule has 0 bridgehead atoms. The zero-order valence-electron chi connectivity index (χ0n) is 13.7. The summed E-state index contributed by atoms with van der Waals surface area (Å²) < 4.78 is 5.23. The fourth-order valence-corrected chi connectivity index (χ4v) is 4.30. The third kappa shape index (κ3) is 4.30. The van der Waals surface area contributed by atoms with Crippen molar-refractivity contribution < 1.29 is 4.74 Å². The van der Waals surface area contributed by atoms with Crippen LogP contribution < -0.4 is 10.1 Å². The molecule has 0 saturated carbocycles. The minimum Gasteiger partial charge on any atom is -0.497 e. The molecular weight excluding hydrogens is 336 g/mol. The third-order valence-electron chi connectivity index (χ3n) is 3.70. The summed E-state index contributed by atoms with van der Waals surface area (Å²) in [6.45, 7) is 2.22. The Bertz CT molecular complexity index is 730. The highest BCUT2D eigenvalue weighted by atomic mass is 32.2. The number of thioether (sulfide) groups is 1. The normalized spacial score (nSPS) is 13.2. The van der Waals surface area contributed by atoms with Gasteiger partial charge in [0.15, 0.2) is 0 Å². The first kappa shape index (κ1) is 16.9. The van der Waals surface area contributed by atoms with Gasteiger partial charge < -0.3 is 10.1 Å². The van der Waals surface area contributed by atoms with Gasteiger partial charge in [0.2, 0.25) is 0 Å². The number of aromatic nitrogens is 1. The van der Waals surface area contributed by atoms with E-state index in [-0.39, 0.29) is 11.3 Å². The monoisotopic (exact) mass is 356 g/mol. The highest BCUT2D eigenvalue weighted by Gasteiger charge is 2.22. The molecule has 1 N–H and O–H groups in total. The maximum atomic E-state index is 5.23. The summed E-state index contributed by atoms with van der Waals surface area (Å²) in [4.78, 5) is 5.74. The maximum absolute atomic E-state index is 5.23. The number of anilines is 1. The van der Waals surface area contributed by atoms with Crippen LogP contribution >= 0.6 is 23.1 Å². The molecule has 1 heterocycles. The molecule has 124 valence electrons. The van der Waals surface area contributed by atoms with Gasteiger partial charge in [0.1, 0.15) is 5.75 Å². The summed E-state index contributed by atoms with van der Waals surface area (Å²) in [5, 5.41) is 7.00. The Morgan fingerprint density at radius 1 is 1.08 bits per heavy atom. The van der Waals surface area contributed by atoms with Crippen LogP contribution in [-0.4, -0.2) is 17.5 Å². The standard InChI is InChI=1S/C19H20N2OS2/c1-14(18-20-12-13-23-18)19(24-17-6-4-3-5-7-17)21-15-8-10-16(22-2)11-9-15/h3-14,19,21H,1-2H3. The van der Waals surface area contributed by atoms with E-state index in [1.807, 2.05) is 53.7 Å². The van der Waals surface area contributed by atoms with Crippen molar-refractivity contribution in [1.82, 2.24) is 4.98 Å². The Morgan fingerprint density at radius 2 is 1.83 bits per heavy atom. The molecule has 0 fully saturated rings. The van der Waals surface area contributed by atoms with E-state index in [2.05, 4.69) is 41.5 Å². The molecule has 3 nitrogen and oxygen atoms in total. The molecule has 0 aliphatic heterocycles. The molecule has 3 aromatic rings. The second-order valence-electron chi connectivity index (χ2n) is 5.38. The Kier molecular flexibility index (Phi) is 5.77. The fourth-order valence-electron chi connectivity index (χ4n) is 2.34. The Morgan fingerprint density at radius 3 is 2.46 bits per heavy atom. The van der Waals surface area contributed by atoms with Gasteiger partial charge in [-0.25, -0.2) is 4.98 Å². The second kappa shape index (κ2) is 8.22. The largest absolute Gasteiger partial charge is 0.497 e. The zero-order valence-corrected chi connectivity index (χ0v) is 15.3. The van der Waals surface area contributed by atoms with Gasteiger partial charge in [0, 0.05) is 28.1 Å². The minimum atomic E-state index is 0.187. The van der Waals surface area contributed by atoms with Gasteiger partial charge in [-0.1, -0.05) is 25.1 Å². The van der Waals surface area contributed by atoms with Crippen molar-refractivity contribution in [2.45, 2.75) is 23.1 Å². The third-order valence-corrected chi connectivity index (χ3v) is 6.00. The lowest BCUT2D eigenvalue weighted by Crippen LogP contribution is -2.22. The van der Waals surface area contributed by atoms with E-state index in [1.54, 1.807) is 18.4 Å². The SMILES string of the molecule is COc1ccc(NC(Sc2ccccc2)C(C)c2nccs2)cc1. The van der Waals surface area contributed by atoms with Gasteiger partial charge in [-0.3, -0.25) is 0 Å². The van der Waals surface area contributed by atoms with E-state index in [1.165, 1.54) is 4.90 Å². The van der Waals surface area contributed by atoms with Crippen LogP contribution in [0.25, 0.3) is 0 Å². The molecule has 0 saturated heterocycles. The van der Waals surface area contributed by atoms with Crippen LogP contribution in [0.4, 0.5) is 5.69 Å². The molecule has 0 spiro atoms. The molecule has 0 radical (unpaired) electrons. The highest BCUT2D eigenvalue weighted by molar-refractivity contribution is 8.00. The van der Waals surface area contributed by atoms with Gasteiger partial charge in [0.25, 0.3) is 0 Å². The van der Waals surface area contributed by atoms with Crippen LogP contribution in [0.1, 0.15) is 17.8 Å². The first-order valence-corrected chi connectivity index (χ1v) is 9.54. The van der Waals surface area contributed by atoms with Crippen LogP contribution in [0.15, 0.2) is 71.1 Å². The van der Waals surface area contributed by atoms with E-state index in [0.29, 0.717) is 0 Å². The van der Waals surface area contributed by atoms with E-state index >= 15 is 0 Å². The van der Waals surface area contributed by atoms with E-state index < -0.39 is 0 Å². The van der Waals surface area contributed by atoms with Gasteiger partial charge in [-0.2, -0.15) is 0 Å². The molecule has 2 atom stereocenters. The first-order chi connectivity index (χ1) is 11.8. The predicted molar refractivity (Wildman–Crippen MR) is 103 cm³/mol. The van der Waals surface area contributed by atoms with Crippen molar-refractivity contribution in [1.29, 1.82) is 0 Å². The lowest BCUT2D eigenvalue weighted by Gasteiger charge is -2.24. The van der Waals surface area contributed by atoms with Crippen molar-refractivity contribution in [3.8, 4) is 5.75 Å².